The van der Waals surface area contributed by atoms with Crippen molar-refractivity contribution in [3.8, 4) is 5.75 Å². The predicted octanol–water partition coefficient (Wildman–Crippen LogP) is 2.58. The third-order valence-corrected chi connectivity index (χ3v) is 5.04. The highest BCUT2D eigenvalue weighted by atomic mass is 16.5. The van der Waals surface area contributed by atoms with E-state index in [4.69, 9.17) is 14.2 Å². The van der Waals surface area contributed by atoms with Crippen LogP contribution in [0.3, 0.4) is 0 Å². The van der Waals surface area contributed by atoms with Crippen molar-refractivity contribution < 1.29 is 33.7 Å². The molecule has 4 unspecified atom stereocenters. The molecule has 7 nitrogen and oxygen atoms in total. The standard InChI is InChI=1S/C23H28O7/c1-5-12-29-21(25)19-17(24)14-23(4,27)20(22(26)30-13-6-2)18(19)15-8-10-16(11-9-15)28-7-3/h5-6,8-11,18-20,27H,1-2,7,12-14H2,3-4H3. The molecule has 2 rings (SSSR count). The number of ether oxygens (including phenoxy) is 3. The Morgan fingerprint density at radius 3 is 2.23 bits per heavy atom. The summed E-state index contributed by atoms with van der Waals surface area (Å²) in [4.78, 5) is 38.5. The summed E-state index contributed by atoms with van der Waals surface area (Å²) in [5.74, 6) is -4.76. The third kappa shape index (κ3) is 5.16. The highest BCUT2D eigenvalue weighted by Crippen LogP contribution is 2.47. The largest absolute Gasteiger partial charge is 0.494 e. The van der Waals surface area contributed by atoms with Crippen LogP contribution in [0.4, 0.5) is 0 Å². The minimum Gasteiger partial charge on any atom is -0.494 e. The van der Waals surface area contributed by atoms with E-state index in [0.717, 1.165) is 0 Å². The molecule has 30 heavy (non-hydrogen) atoms. The van der Waals surface area contributed by atoms with Crippen LogP contribution in [-0.2, 0) is 23.9 Å². The minimum absolute atomic E-state index is 0.0546. The average Bonchev–Trinajstić information content (AvgIpc) is 2.70. The molecular formula is C23H28O7. The van der Waals surface area contributed by atoms with Gasteiger partial charge in [0.05, 0.1) is 18.1 Å². The predicted molar refractivity (Wildman–Crippen MR) is 110 cm³/mol. The van der Waals surface area contributed by atoms with Gasteiger partial charge in [-0.05, 0) is 31.5 Å². The number of benzene rings is 1. The van der Waals surface area contributed by atoms with Crippen molar-refractivity contribution in [3.63, 3.8) is 0 Å². The van der Waals surface area contributed by atoms with Gasteiger partial charge in [-0.3, -0.25) is 14.4 Å². The lowest BCUT2D eigenvalue weighted by Crippen LogP contribution is -2.55. The zero-order chi connectivity index (χ0) is 22.3. The molecule has 0 radical (unpaired) electrons. The number of Topliss-reactive ketones (excluding diaryl/α,β-unsaturated/α-hetero) is 1. The summed E-state index contributed by atoms with van der Waals surface area (Å²) in [5, 5.41) is 11.0. The third-order valence-electron chi connectivity index (χ3n) is 5.04. The Balaban J connectivity index is 2.55. The average molecular weight is 416 g/mol. The first-order valence-electron chi connectivity index (χ1n) is 9.79. The number of carbonyl (C=O) groups is 3. The summed E-state index contributed by atoms with van der Waals surface area (Å²) < 4.78 is 15.8. The molecule has 1 aromatic rings. The summed E-state index contributed by atoms with van der Waals surface area (Å²) in [6.45, 7) is 10.6. The Bertz CT molecular complexity index is 794. The van der Waals surface area contributed by atoms with E-state index in [0.29, 0.717) is 17.9 Å². The van der Waals surface area contributed by atoms with Crippen LogP contribution in [0.5, 0.6) is 5.75 Å². The monoisotopic (exact) mass is 416 g/mol. The van der Waals surface area contributed by atoms with Crippen LogP contribution < -0.4 is 4.74 Å². The fourth-order valence-corrected chi connectivity index (χ4v) is 3.83. The molecule has 7 heteroatoms. The van der Waals surface area contributed by atoms with Crippen LogP contribution in [0.2, 0.25) is 0 Å². The van der Waals surface area contributed by atoms with E-state index in [9.17, 15) is 19.5 Å². The number of carbonyl (C=O) groups excluding carboxylic acids is 3. The summed E-state index contributed by atoms with van der Waals surface area (Å²) in [5.41, 5.74) is -1.18. The maximum atomic E-state index is 12.9. The van der Waals surface area contributed by atoms with Crippen molar-refractivity contribution in [2.45, 2.75) is 31.8 Å². The van der Waals surface area contributed by atoms with Gasteiger partial charge in [-0.25, -0.2) is 0 Å². The molecule has 0 amide bonds. The zero-order valence-electron chi connectivity index (χ0n) is 17.3. The fraction of sp³-hybridized carbons (Fsp3) is 0.435. The Labute approximate surface area is 176 Å². The van der Waals surface area contributed by atoms with E-state index in [1.165, 1.54) is 19.1 Å². The Kier molecular flexibility index (Phi) is 7.94. The first-order chi connectivity index (χ1) is 14.3. The van der Waals surface area contributed by atoms with E-state index in [2.05, 4.69) is 13.2 Å². The second-order valence-electron chi connectivity index (χ2n) is 7.32. The SMILES string of the molecule is C=CCOC(=O)C1C(=O)CC(C)(O)C(C(=O)OCC=C)C1c1ccc(OCC)cc1. The molecule has 1 aliphatic rings. The number of hydrogen-bond donors (Lipinski definition) is 1. The topological polar surface area (TPSA) is 99.1 Å². The van der Waals surface area contributed by atoms with Crippen molar-refractivity contribution in [2.24, 2.45) is 11.8 Å². The summed E-state index contributed by atoms with van der Waals surface area (Å²) >= 11 is 0. The number of esters is 2. The zero-order valence-corrected chi connectivity index (χ0v) is 17.3. The molecule has 1 saturated carbocycles. The normalized spacial score (nSPS) is 25.8. The minimum atomic E-state index is -1.70. The lowest BCUT2D eigenvalue weighted by atomic mass is 9.61. The maximum Gasteiger partial charge on any atom is 0.317 e. The number of rotatable bonds is 9. The van der Waals surface area contributed by atoms with Gasteiger partial charge >= 0.3 is 11.9 Å². The highest BCUT2D eigenvalue weighted by Gasteiger charge is 2.57. The van der Waals surface area contributed by atoms with E-state index >= 15 is 0 Å². The number of aliphatic hydroxyl groups is 1. The van der Waals surface area contributed by atoms with Crippen LogP contribution in [0.15, 0.2) is 49.6 Å². The Hall–Kier alpha value is -2.93. The molecule has 1 fully saturated rings. The van der Waals surface area contributed by atoms with Crippen molar-refractivity contribution in [1.29, 1.82) is 0 Å². The lowest BCUT2D eigenvalue weighted by molar-refractivity contribution is -0.171. The van der Waals surface area contributed by atoms with E-state index in [1.54, 1.807) is 24.3 Å². The van der Waals surface area contributed by atoms with Gasteiger partial charge in [0.1, 0.15) is 24.9 Å². The summed E-state index contributed by atoms with van der Waals surface area (Å²) in [7, 11) is 0. The molecule has 1 N–H and O–H groups in total. The van der Waals surface area contributed by atoms with Gasteiger partial charge in [0.2, 0.25) is 0 Å². The van der Waals surface area contributed by atoms with E-state index < -0.39 is 41.1 Å². The molecule has 0 heterocycles. The van der Waals surface area contributed by atoms with Gasteiger partial charge in [-0.2, -0.15) is 0 Å². The molecule has 1 aliphatic carbocycles. The Morgan fingerprint density at radius 2 is 1.70 bits per heavy atom. The smallest absolute Gasteiger partial charge is 0.317 e. The molecule has 162 valence electrons. The summed E-state index contributed by atoms with van der Waals surface area (Å²) in [6.07, 6.45) is 2.42. The fourth-order valence-electron chi connectivity index (χ4n) is 3.83. The lowest BCUT2D eigenvalue weighted by Gasteiger charge is -2.43. The van der Waals surface area contributed by atoms with Crippen LogP contribution >= 0.6 is 0 Å². The van der Waals surface area contributed by atoms with Crippen LogP contribution in [0.1, 0.15) is 31.7 Å². The molecule has 0 spiro atoms. The van der Waals surface area contributed by atoms with Gasteiger partial charge in [0, 0.05) is 12.3 Å². The van der Waals surface area contributed by atoms with Crippen molar-refractivity contribution >= 4 is 17.7 Å². The van der Waals surface area contributed by atoms with Crippen molar-refractivity contribution in [1.82, 2.24) is 0 Å². The van der Waals surface area contributed by atoms with E-state index in [-0.39, 0.29) is 19.6 Å². The quantitative estimate of drug-likeness (QED) is 0.375. The first-order valence-corrected chi connectivity index (χ1v) is 9.79. The maximum absolute atomic E-state index is 12.9. The van der Waals surface area contributed by atoms with Gasteiger partial charge in [0.25, 0.3) is 0 Å². The second-order valence-corrected chi connectivity index (χ2v) is 7.32. The molecule has 0 bridgehead atoms. The van der Waals surface area contributed by atoms with Crippen molar-refractivity contribution in [2.75, 3.05) is 19.8 Å². The van der Waals surface area contributed by atoms with Gasteiger partial charge in [-0.15, -0.1) is 0 Å². The molecule has 4 atom stereocenters. The van der Waals surface area contributed by atoms with E-state index in [1.807, 2.05) is 6.92 Å². The van der Waals surface area contributed by atoms with Crippen LogP contribution in [-0.4, -0.2) is 48.3 Å². The van der Waals surface area contributed by atoms with Crippen LogP contribution in [0, 0.1) is 11.8 Å². The van der Waals surface area contributed by atoms with Gasteiger partial charge in [0.15, 0.2) is 5.78 Å². The van der Waals surface area contributed by atoms with Crippen LogP contribution in [0.25, 0.3) is 0 Å². The van der Waals surface area contributed by atoms with Gasteiger partial charge < -0.3 is 19.3 Å². The Morgan fingerprint density at radius 1 is 1.13 bits per heavy atom. The molecule has 1 aromatic carbocycles. The molecule has 0 aliphatic heterocycles. The molecular weight excluding hydrogens is 388 g/mol. The molecule has 0 saturated heterocycles. The number of hydrogen-bond acceptors (Lipinski definition) is 7. The van der Waals surface area contributed by atoms with Crippen molar-refractivity contribution in [3.05, 3.63) is 55.1 Å². The second kappa shape index (κ2) is 10.2. The molecule has 0 aromatic heterocycles. The van der Waals surface area contributed by atoms with Gasteiger partial charge in [-0.1, -0.05) is 37.4 Å². The number of ketones is 1. The first kappa shape index (κ1) is 23.3. The summed E-state index contributed by atoms with van der Waals surface area (Å²) in [6, 6.07) is 6.72. The highest BCUT2D eigenvalue weighted by molar-refractivity contribution is 6.02.